The van der Waals surface area contributed by atoms with E-state index in [1.165, 1.54) is 16.8 Å². The normalized spacial score (nSPS) is 15.8. The molecule has 5 nitrogen and oxygen atoms in total. The van der Waals surface area contributed by atoms with E-state index in [1.807, 2.05) is 0 Å². The Morgan fingerprint density at radius 2 is 1.86 bits per heavy atom. The van der Waals surface area contributed by atoms with Crippen molar-refractivity contribution in [3.05, 3.63) is 46.8 Å². The molecule has 0 atom stereocenters. The molecule has 2 aromatic rings. The maximum Gasteiger partial charge on any atom is 0.150 e. The fourth-order valence-electron chi connectivity index (χ4n) is 3.97. The zero-order chi connectivity index (χ0) is 20.1. The Balaban J connectivity index is 1.40. The lowest BCUT2D eigenvalue weighted by Gasteiger charge is -2.37. The van der Waals surface area contributed by atoms with Crippen LogP contribution in [0.2, 0.25) is 0 Å². The average molecular weight is 385 g/mol. The highest BCUT2D eigenvalue weighted by Gasteiger charge is 2.19. The van der Waals surface area contributed by atoms with Crippen molar-refractivity contribution in [1.29, 1.82) is 0 Å². The molecule has 1 aromatic heterocycles. The summed E-state index contributed by atoms with van der Waals surface area (Å²) in [5.41, 5.74) is 5.19. The van der Waals surface area contributed by atoms with E-state index >= 15 is 0 Å². The highest BCUT2D eigenvalue weighted by molar-refractivity contribution is 5.54. The van der Waals surface area contributed by atoms with Crippen molar-refractivity contribution >= 4 is 5.69 Å². The Morgan fingerprint density at radius 3 is 2.54 bits per heavy atom. The van der Waals surface area contributed by atoms with Crippen molar-refractivity contribution in [1.82, 2.24) is 15.0 Å². The van der Waals surface area contributed by atoms with E-state index in [2.05, 4.69) is 78.9 Å². The summed E-state index contributed by atoms with van der Waals surface area (Å²) in [6, 6.07) is 8.89. The molecule has 1 aliphatic heterocycles. The SMILES string of the molecule is Cc1ccc(N2CCN(CCN(C)Cc3cc(CC(C)C)no3)CC2)c(C)c1. The van der Waals surface area contributed by atoms with Gasteiger partial charge in [0.15, 0.2) is 5.76 Å². The number of hydrogen-bond donors (Lipinski definition) is 0. The van der Waals surface area contributed by atoms with E-state index in [1.54, 1.807) is 0 Å². The Kier molecular flexibility index (Phi) is 7.13. The molecule has 1 aliphatic rings. The first kappa shape index (κ1) is 20.9. The van der Waals surface area contributed by atoms with Crippen LogP contribution in [0.3, 0.4) is 0 Å². The van der Waals surface area contributed by atoms with Crippen LogP contribution in [-0.2, 0) is 13.0 Å². The number of hydrogen-bond acceptors (Lipinski definition) is 5. The molecule has 3 rings (SSSR count). The van der Waals surface area contributed by atoms with Gasteiger partial charge in [-0.05, 0) is 44.9 Å². The summed E-state index contributed by atoms with van der Waals surface area (Å²) in [4.78, 5) is 7.43. The van der Waals surface area contributed by atoms with Crippen molar-refractivity contribution < 1.29 is 4.52 Å². The highest BCUT2D eigenvalue weighted by atomic mass is 16.5. The number of aryl methyl sites for hydroxylation is 2. The van der Waals surface area contributed by atoms with Crippen LogP contribution in [0.1, 0.15) is 36.4 Å². The van der Waals surface area contributed by atoms with Crippen LogP contribution in [0, 0.1) is 19.8 Å². The molecule has 0 aliphatic carbocycles. The second kappa shape index (κ2) is 9.57. The number of aromatic nitrogens is 1. The minimum absolute atomic E-state index is 0.609. The summed E-state index contributed by atoms with van der Waals surface area (Å²) in [6.45, 7) is 16.2. The van der Waals surface area contributed by atoms with E-state index in [-0.39, 0.29) is 0 Å². The smallest absolute Gasteiger partial charge is 0.150 e. The number of anilines is 1. The van der Waals surface area contributed by atoms with Crippen LogP contribution in [0.4, 0.5) is 5.69 Å². The summed E-state index contributed by atoms with van der Waals surface area (Å²) in [7, 11) is 2.16. The first-order valence-corrected chi connectivity index (χ1v) is 10.6. The summed E-state index contributed by atoms with van der Waals surface area (Å²) in [5, 5.41) is 4.19. The fourth-order valence-corrected chi connectivity index (χ4v) is 3.97. The minimum atomic E-state index is 0.609. The average Bonchev–Trinajstić information content (AvgIpc) is 3.06. The van der Waals surface area contributed by atoms with Gasteiger partial charge in [0, 0.05) is 51.0 Å². The van der Waals surface area contributed by atoms with Gasteiger partial charge in [-0.3, -0.25) is 9.80 Å². The molecule has 0 amide bonds. The molecule has 0 bridgehead atoms. The van der Waals surface area contributed by atoms with Crippen LogP contribution in [0.25, 0.3) is 0 Å². The summed E-state index contributed by atoms with van der Waals surface area (Å²) < 4.78 is 5.50. The van der Waals surface area contributed by atoms with Gasteiger partial charge in [-0.25, -0.2) is 0 Å². The molecule has 28 heavy (non-hydrogen) atoms. The molecular weight excluding hydrogens is 348 g/mol. The fraction of sp³-hybridized carbons (Fsp3) is 0.609. The summed E-state index contributed by atoms with van der Waals surface area (Å²) in [5.74, 6) is 1.58. The third-order valence-electron chi connectivity index (χ3n) is 5.51. The Morgan fingerprint density at radius 1 is 1.11 bits per heavy atom. The lowest BCUT2D eigenvalue weighted by Crippen LogP contribution is -2.48. The van der Waals surface area contributed by atoms with Gasteiger partial charge in [0.2, 0.25) is 0 Å². The van der Waals surface area contributed by atoms with E-state index in [0.29, 0.717) is 5.92 Å². The lowest BCUT2D eigenvalue weighted by molar-refractivity contribution is 0.201. The van der Waals surface area contributed by atoms with Gasteiger partial charge >= 0.3 is 0 Å². The lowest BCUT2D eigenvalue weighted by atomic mass is 10.1. The van der Waals surface area contributed by atoms with E-state index in [0.717, 1.165) is 63.7 Å². The predicted octanol–water partition coefficient (Wildman–Crippen LogP) is 3.74. The van der Waals surface area contributed by atoms with E-state index in [4.69, 9.17) is 4.52 Å². The summed E-state index contributed by atoms with van der Waals surface area (Å²) in [6.07, 6.45) is 0.984. The molecule has 0 saturated carbocycles. The molecule has 1 aromatic carbocycles. The van der Waals surface area contributed by atoms with Gasteiger partial charge in [-0.15, -0.1) is 0 Å². The zero-order valence-corrected chi connectivity index (χ0v) is 18.2. The van der Waals surface area contributed by atoms with Gasteiger partial charge in [-0.1, -0.05) is 36.7 Å². The van der Waals surface area contributed by atoms with Crippen LogP contribution < -0.4 is 4.90 Å². The van der Waals surface area contributed by atoms with Crippen LogP contribution in [-0.4, -0.2) is 61.3 Å². The zero-order valence-electron chi connectivity index (χ0n) is 18.2. The van der Waals surface area contributed by atoms with Gasteiger partial charge in [0.1, 0.15) is 0 Å². The van der Waals surface area contributed by atoms with Gasteiger partial charge in [0.05, 0.1) is 12.2 Å². The van der Waals surface area contributed by atoms with Crippen molar-refractivity contribution in [3.8, 4) is 0 Å². The van der Waals surface area contributed by atoms with Crippen LogP contribution in [0.15, 0.2) is 28.8 Å². The molecule has 5 heteroatoms. The minimum Gasteiger partial charge on any atom is -0.369 e. The Bertz CT molecular complexity index is 747. The highest BCUT2D eigenvalue weighted by Crippen LogP contribution is 2.22. The van der Waals surface area contributed by atoms with Crippen molar-refractivity contribution in [2.24, 2.45) is 5.92 Å². The topological polar surface area (TPSA) is 35.8 Å². The third-order valence-corrected chi connectivity index (χ3v) is 5.51. The van der Waals surface area contributed by atoms with Crippen molar-refractivity contribution in [3.63, 3.8) is 0 Å². The molecule has 0 radical (unpaired) electrons. The Labute approximate surface area is 170 Å². The van der Waals surface area contributed by atoms with Crippen LogP contribution >= 0.6 is 0 Å². The van der Waals surface area contributed by atoms with E-state index < -0.39 is 0 Å². The molecule has 0 unspecified atom stereocenters. The summed E-state index contributed by atoms with van der Waals surface area (Å²) >= 11 is 0. The maximum absolute atomic E-state index is 5.50. The second-order valence-corrected chi connectivity index (χ2v) is 8.74. The van der Waals surface area contributed by atoms with Crippen LogP contribution in [0.5, 0.6) is 0 Å². The van der Waals surface area contributed by atoms with Gasteiger partial charge < -0.3 is 9.42 Å². The van der Waals surface area contributed by atoms with Gasteiger partial charge in [-0.2, -0.15) is 0 Å². The maximum atomic E-state index is 5.50. The standard InChI is InChI=1S/C23H36N4O/c1-18(2)14-21-16-22(28-24-21)17-25(5)8-9-26-10-12-27(13-11-26)23-7-6-19(3)15-20(23)4/h6-7,15-16,18H,8-14,17H2,1-5H3. The first-order chi connectivity index (χ1) is 13.4. The number of nitrogens with zero attached hydrogens (tertiary/aromatic N) is 4. The molecule has 2 heterocycles. The van der Waals surface area contributed by atoms with E-state index in [9.17, 15) is 0 Å². The quantitative estimate of drug-likeness (QED) is 0.693. The molecule has 0 N–H and O–H groups in total. The number of rotatable bonds is 8. The monoisotopic (exact) mass is 384 g/mol. The largest absolute Gasteiger partial charge is 0.369 e. The molecule has 1 fully saturated rings. The third kappa shape index (κ3) is 5.82. The Hall–Kier alpha value is -1.85. The molecular formula is C23H36N4O. The number of piperazine rings is 1. The molecule has 0 spiro atoms. The first-order valence-electron chi connectivity index (χ1n) is 10.6. The second-order valence-electron chi connectivity index (χ2n) is 8.74. The number of likely N-dealkylation sites (N-methyl/N-ethyl adjacent to an activating group) is 1. The van der Waals surface area contributed by atoms with Gasteiger partial charge in [0.25, 0.3) is 0 Å². The van der Waals surface area contributed by atoms with Crippen molar-refractivity contribution in [2.45, 2.75) is 40.7 Å². The number of benzene rings is 1. The molecule has 154 valence electrons. The molecule has 1 saturated heterocycles. The predicted molar refractivity (Wildman–Crippen MR) is 116 cm³/mol. The van der Waals surface area contributed by atoms with Crippen molar-refractivity contribution in [2.75, 3.05) is 51.2 Å².